The molecule has 2 saturated carbocycles. The summed E-state index contributed by atoms with van der Waals surface area (Å²) in [5.41, 5.74) is -0.127. The number of nitro groups is 1. The molecule has 1 saturated heterocycles. The number of rotatable bonds is 3. The summed E-state index contributed by atoms with van der Waals surface area (Å²) in [6.45, 7) is 0. The molecule has 4 aliphatic carbocycles. The Morgan fingerprint density at radius 1 is 1.15 bits per heavy atom. The first-order valence-corrected chi connectivity index (χ1v) is 8.55. The zero-order valence-electron chi connectivity index (χ0n) is 13.6. The molecule has 0 unspecified atom stereocenters. The fourth-order valence-corrected chi connectivity index (χ4v) is 4.95. The van der Waals surface area contributed by atoms with Crippen LogP contribution in [0.2, 0.25) is 0 Å². The summed E-state index contributed by atoms with van der Waals surface area (Å²) in [4.78, 5) is 35.7. The van der Waals surface area contributed by atoms with Gasteiger partial charge >= 0.3 is 5.69 Å². The number of aromatic hydroxyl groups is 1. The van der Waals surface area contributed by atoms with Crippen molar-refractivity contribution in [2.24, 2.45) is 40.6 Å². The van der Waals surface area contributed by atoms with E-state index in [2.05, 4.69) is 17.3 Å². The molecule has 0 spiro atoms. The minimum absolute atomic E-state index is 0.126. The zero-order chi connectivity index (χ0) is 18.2. The fraction of sp³-hybridized carbons (Fsp3) is 0.389. The lowest BCUT2D eigenvalue weighted by Gasteiger charge is -2.37. The van der Waals surface area contributed by atoms with Gasteiger partial charge < -0.3 is 5.11 Å². The molecule has 5 aliphatic rings. The number of phenols is 1. The van der Waals surface area contributed by atoms with Crippen LogP contribution in [0, 0.1) is 45.6 Å². The van der Waals surface area contributed by atoms with Crippen LogP contribution < -0.4 is 0 Å². The molecule has 6 rings (SSSR count). The van der Waals surface area contributed by atoms with Gasteiger partial charge in [-0.05, 0) is 42.2 Å². The quantitative estimate of drug-likeness (QED) is 0.292. The fourth-order valence-electron chi connectivity index (χ4n) is 4.95. The third kappa shape index (κ3) is 1.92. The molecule has 0 radical (unpaired) electrons. The minimum atomic E-state index is -0.705. The number of carbonyl (C=O) groups excluding carboxylic acids is 2. The summed E-state index contributed by atoms with van der Waals surface area (Å²) in [6, 6.07) is 3.77. The Morgan fingerprint density at radius 2 is 1.77 bits per heavy atom. The predicted molar refractivity (Wildman–Crippen MR) is 88.9 cm³/mol. The predicted octanol–water partition coefficient (Wildman–Crippen LogP) is 1.69. The number of hydrazone groups is 1. The van der Waals surface area contributed by atoms with E-state index in [0.717, 1.165) is 17.5 Å². The van der Waals surface area contributed by atoms with Gasteiger partial charge in [0.2, 0.25) is 0 Å². The maximum atomic E-state index is 12.8. The molecule has 26 heavy (non-hydrogen) atoms. The SMILES string of the molecule is O=C1[C@@H]2[C@H]3C=C[C@@H]([C@@H]4C[C@H]34)[C@H]2C(=O)N1/N=C\c1ccc(O)c([N+](=O)[O-])c1. The molecule has 1 N–H and O–H groups in total. The van der Waals surface area contributed by atoms with Crippen molar-refractivity contribution in [1.82, 2.24) is 5.01 Å². The van der Waals surface area contributed by atoms with Gasteiger partial charge in [0, 0.05) is 11.6 Å². The first-order valence-electron chi connectivity index (χ1n) is 8.55. The van der Waals surface area contributed by atoms with E-state index in [0.29, 0.717) is 17.4 Å². The molecule has 132 valence electrons. The molecule has 8 nitrogen and oxygen atoms in total. The van der Waals surface area contributed by atoms with Crippen LogP contribution in [0.5, 0.6) is 5.75 Å². The van der Waals surface area contributed by atoms with Crippen LogP contribution in [-0.2, 0) is 9.59 Å². The monoisotopic (exact) mass is 353 g/mol. The van der Waals surface area contributed by atoms with Crippen LogP contribution in [0.1, 0.15) is 12.0 Å². The van der Waals surface area contributed by atoms with Crippen LogP contribution in [0.4, 0.5) is 5.69 Å². The van der Waals surface area contributed by atoms with E-state index in [-0.39, 0.29) is 35.5 Å². The van der Waals surface area contributed by atoms with Crippen molar-refractivity contribution in [2.75, 3.05) is 0 Å². The van der Waals surface area contributed by atoms with Crippen molar-refractivity contribution < 1.29 is 19.6 Å². The van der Waals surface area contributed by atoms with Crippen molar-refractivity contribution >= 4 is 23.7 Å². The minimum Gasteiger partial charge on any atom is -0.502 e. The van der Waals surface area contributed by atoms with E-state index in [1.165, 1.54) is 18.3 Å². The lowest BCUT2D eigenvalue weighted by atomic mass is 9.63. The lowest BCUT2D eigenvalue weighted by molar-refractivity contribution is -0.385. The number of nitro benzene ring substituents is 1. The van der Waals surface area contributed by atoms with Crippen LogP contribution >= 0.6 is 0 Å². The second-order valence-corrected chi connectivity index (χ2v) is 7.39. The van der Waals surface area contributed by atoms with E-state index in [9.17, 15) is 24.8 Å². The Morgan fingerprint density at radius 3 is 2.35 bits per heavy atom. The van der Waals surface area contributed by atoms with Gasteiger partial charge in [-0.2, -0.15) is 10.1 Å². The smallest absolute Gasteiger partial charge is 0.311 e. The number of hydrogen-bond donors (Lipinski definition) is 1. The number of imide groups is 1. The number of phenolic OH excluding ortho intramolecular Hbond substituents is 1. The molecule has 2 amide bonds. The molecule has 0 aromatic heterocycles. The van der Waals surface area contributed by atoms with Crippen molar-refractivity contribution in [3.8, 4) is 5.75 Å². The summed E-state index contributed by atoms with van der Waals surface area (Å²) in [5.74, 6) is -0.377. The Bertz CT molecular complexity index is 887. The van der Waals surface area contributed by atoms with E-state index < -0.39 is 16.4 Å². The highest BCUT2D eigenvalue weighted by atomic mass is 16.6. The van der Waals surface area contributed by atoms with Gasteiger partial charge in [-0.25, -0.2) is 0 Å². The number of allylic oxidation sites excluding steroid dienone is 2. The maximum absolute atomic E-state index is 12.8. The van der Waals surface area contributed by atoms with Crippen LogP contribution in [0.25, 0.3) is 0 Å². The molecular weight excluding hydrogens is 338 g/mol. The van der Waals surface area contributed by atoms with E-state index in [1.807, 2.05) is 0 Å². The van der Waals surface area contributed by atoms with Gasteiger partial charge in [0.25, 0.3) is 11.8 Å². The first kappa shape index (κ1) is 15.2. The lowest BCUT2D eigenvalue weighted by Crippen LogP contribution is -2.40. The summed E-state index contributed by atoms with van der Waals surface area (Å²) in [6.07, 6.45) is 6.51. The van der Waals surface area contributed by atoms with Gasteiger partial charge in [0.05, 0.1) is 23.0 Å². The van der Waals surface area contributed by atoms with Crippen molar-refractivity contribution in [3.63, 3.8) is 0 Å². The Kier molecular flexibility index (Phi) is 2.93. The molecule has 1 aromatic rings. The van der Waals surface area contributed by atoms with Gasteiger partial charge in [-0.1, -0.05) is 12.2 Å². The number of amides is 2. The molecule has 3 fully saturated rings. The van der Waals surface area contributed by atoms with Gasteiger partial charge in [0.15, 0.2) is 5.75 Å². The van der Waals surface area contributed by atoms with Gasteiger partial charge in [0.1, 0.15) is 0 Å². The first-order chi connectivity index (χ1) is 12.5. The average Bonchev–Trinajstić information content (AvgIpc) is 3.40. The number of benzene rings is 1. The Labute approximate surface area is 147 Å². The van der Waals surface area contributed by atoms with Crippen molar-refractivity contribution in [1.29, 1.82) is 0 Å². The average molecular weight is 353 g/mol. The molecule has 1 aliphatic heterocycles. The Hall–Kier alpha value is -3.03. The molecule has 8 heteroatoms. The van der Waals surface area contributed by atoms with E-state index in [4.69, 9.17) is 0 Å². The number of carbonyl (C=O) groups is 2. The molecule has 1 aromatic carbocycles. The second kappa shape index (κ2) is 5.00. The molecule has 2 bridgehead atoms. The van der Waals surface area contributed by atoms with E-state index in [1.54, 1.807) is 0 Å². The van der Waals surface area contributed by atoms with Gasteiger partial charge in [-0.3, -0.25) is 19.7 Å². The zero-order valence-corrected chi connectivity index (χ0v) is 13.6. The standard InChI is InChI=1S/C18H15N3O5/c22-14-4-1-8(5-13(14)21(25)26)7-19-20-17(23)15-9-2-3-10(12-6-11(9)12)16(15)18(20)24/h1-5,7,9-12,15-16,22H,6H2/b19-7-/t9-,10-,11-,12+,15+,16+/m0/s1. The highest BCUT2D eigenvalue weighted by molar-refractivity contribution is 6.06. The maximum Gasteiger partial charge on any atom is 0.311 e. The third-order valence-electron chi connectivity index (χ3n) is 6.16. The van der Waals surface area contributed by atoms with Crippen molar-refractivity contribution in [2.45, 2.75) is 6.42 Å². The summed E-state index contributed by atoms with van der Waals surface area (Å²) in [7, 11) is 0. The highest BCUT2D eigenvalue weighted by Crippen LogP contribution is 2.65. The highest BCUT2D eigenvalue weighted by Gasteiger charge is 2.67. The normalized spacial score (nSPS) is 36.5. The van der Waals surface area contributed by atoms with Crippen LogP contribution in [0.3, 0.4) is 0 Å². The number of nitrogens with zero attached hydrogens (tertiary/aromatic N) is 3. The summed E-state index contributed by atoms with van der Waals surface area (Å²) >= 11 is 0. The second-order valence-electron chi connectivity index (χ2n) is 7.39. The van der Waals surface area contributed by atoms with Crippen molar-refractivity contribution in [3.05, 3.63) is 46.0 Å². The topological polar surface area (TPSA) is 113 Å². The summed E-state index contributed by atoms with van der Waals surface area (Å²) < 4.78 is 0. The number of hydrogen-bond acceptors (Lipinski definition) is 6. The molecule has 1 heterocycles. The van der Waals surface area contributed by atoms with Crippen LogP contribution in [0.15, 0.2) is 35.5 Å². The van der Waals surface area contributed by atoms with E-state index >= 15 is 0 Å². The Balaban J connectivity index is 1.43. The molecular formula is C18H15N3O5. The van der Waals surface area contributed by atoms with Crippen LogP contribution in [-0.4, -0.2) is 33.1 Å². The molecule has 6 atom stereocenters. The van der Waals surface area contributed by atoms with Gasteiger partial charge in [-0.15, -0.1) is 0 Å². The third-order valence-corrected chi connectivity index (χ3v) is 6.16. The summed E-state index contributed by atoms with van der Waals surface area (Å²) in [5, 5.41) is 25.3. The largest absolute Gasteiger partial charge is 0.502 e.